The van der Waals surface area contributed by atoms with E-state index in [1.165, 1.54) is 70.8 Å². The molecule has 0 bridgehead atoms. The first-order chi connectivity index (χ1) is 9.31. The molecule has 116 valence electrons. The summed E-state index contributed by atoms with van der Waals surface area (Å²) >= 11 is 0. The van der Waals surface area contributed by atoms with Crippen LogP contribution in [0, 0.1) is 0 Å². The lowest BCUT2D eigenvalue weighted by Crippen LogP contribution is -2.21. The third-order valence-corrected chi connectivity index (χ3v) is 3.84. The average molecular weight is 271 g/mol. The molecule has 0 saturated carbocycles. The maximum absolute atomic E-state index is 8.73. The Bertz CT molecular complexity index is 161. The van der Waals surface area contributed by atoms with Crippen LogP contribution >= 0.6 is 0 Å². The highest BCUT2D eigenvalue weighted by Gasteiger charge is 1.98. The maximum Gasteiger partial charge on any atom is 0.0431 e. The van der Waals surface area contributed by atoms with Crippen molar-refractivity contribution in [3.8, 4) is 0 Å². The van der Waals surface area contributed by atoms with E-state index >= 15 is 0 Å². The SMILES string of the molecule is CCCCCCCCCCCCN(C)CCCCO. The predicted molar refractivity (Wildman–Crippen MR) is 85.7 cm³/mol. The smallest absolute Gasteiger partial charge is 0.0431 e. The number of hydrogen-bond donors (Lipinski definition) is 1. The van der Waals surface area contributed by atoms with Crippen LogP contribution in [0.4, 0.5) is 0 Å². The quantitative estimate of drug-likeness (QED) is 0.440. The van der Waals surface area contributed by atoms with E-state index in [1.807, 2.05) is 0 Å². The summed E-state index contributed by atoms with van der Waals surface area (Å²) in [6.07, 6.45) is 16.2. The standard InChI is InChI=1S/C17H37NO/c1-3-4-5-6-7-8-9-10-11-12-15-18(2)16-13-14-17-19/h19H,3-17H2,1-2H3. The van der Waals surface area contributed by atoms with Crippen molar-refractivity contribution in [1.29, 1.82) is 0 Å². The molecule has 0 atom stereocenters. The Labute approximate surface area is 121 Å². The molecule has 2 nitrogen and oxygen atoms in total. The highest BCUT2D eigenvalue weighted by atomic mass is 16.2. The molecule has 0 aliphatic rings. The van der Waals surface area contributed by atoms with Crippen molar-refractivity contribution in [3.63, 3.8) is 0 Å². The van der Waals surface area contributed by atoms with Crippen LogP contribution in [0.5, 0.6) is 0 Å². The van der Waals surface area contributed by atoms with Crippen LogP contribution in [0.2, 0.25) is 0 Å². The van der Waals surface area contributed by atoms with Crippen LogP contribution in [0.3, 0.4) is 0 Å². The van der Waals surface area contributed by atoms with Gasteiger partial charge in [-0.3, -0.25) is 0 Å². The fourth-order valence-electron chi connectivity index (χ4n) is 2.47. The van der Waals surface area contributed by atoms with Gasteiger partial charge in [-0.1, -0.05) is 64.7 Å². The molecule has 0 unspecified atom stereocenters. The summed E-state index contributed by atoms with van der Waals surface area (Å²) in [6.45, 7) is 4.98. The molecule has 0 aromatic carbocycles. The van der Waals surface area contributed by atoms with Gasteiger partial charge in [-0.15, -0.1) is 0 Å². The second-order valence-corrected chi connectivity index (χ2v) is 5.92. The molecular formula is C17H37NO. The number of aliphatic hydroxyl groups is 1. The summed E-state index contributed by atoms with van der Waals surface area (Å²) in [4.78, 5) is 2.40. The fraction of sp³-hybridized carbons (Fsp3) is 1.00. The van der Waals surface area contributed by atoms with Gasteiger partial charge < -0.3 is 10.0 Å². The molecule has 0 rings (SSSR count). The second-order valence-electron chi connectivity index (χ2n) is 5.92. The molecule has 0 heterocycles. The summed E-state index contributed by atoms with van der Waals surface area (Å²) in [5.41, 5.74) is 0. The van der Waals surface area contributed by atoms with E-state index in [1.54, 1.807) is 0 Å². The van der Waals surface area contributed by atoms with Crippen molar-refractivity contribution >= 4 is 0 Å². The van der Waals surface area contributed by atoms with E-state index < -0.39 is 0 Å². The van der Waals surface area contributed by atoms with Crippen LogP contribution in [0.1, 0.15) is 84.0 Å². The zero-order valence-corrected chi connectivity index (χ0v) is 13.5. The molecule has 0 aromatic rings. The molecule has 0 aliphatic carbocycles. The first kappa shape index (κ1) is 18.9. The van der Waals surface area contributed by atoms with E-state index in [0.29, 0.717) is 6.61 Å². The van der Waals surface area contributed by atoms with Crippen LogP contribution in [0.25, 0.3) is 0 Å². The van der Waals surface area contributed by atoms with E-state index in [0.717, 1.165) is 19.4 Å². The number of rotatable bonds is 15. The molecule has 2 heteroatoms. The molecule has 0 amide bonds. The minimum Gasteiger partial charge on any atom is -0.396 e. The van der Waals surface area contributed by atoms with Gasteiger partial charge in [-0.25, -0.2) is 0 Å². The summed E-state index contributed by atoms with van der Waals surface area (Å²) in [5.74, 6) is 0. The Morgan fingerprint density at radius 2 is 1.05 bits per heavy atom. The van der Waals surface area contributed by atoms with Crippen molar-refractivity contribution < 1.29 is 5.11 Å². The molecule has 0 radical (unpaired) electrons. The lowest BCUT2D eigenvalue weighted by molar-refractivity contribution is 0.261. The Morgan fingerprint density at radius 1 is 0.632 bits per heavy atom. The van der Waals surface area contributed by atoms with E-state index in [2.05, 4.69) is 18.9 Å². The lowest BCUT2D eigenvalue weighted by Gasteiger charge is -2.15. The topological polar surface area (TPSA) is 23.5 Å². The summed E-state index contributed by atoms with van der Waals surface area (Å²) in [5, 5.41) is 8.73. The average Bonchev–Trinajstić information content (AvgIpc) is 2.41. The van der Waals surface area contributed by atoms with Crippen molar-refractivity contribution in [2.75, 3.05) is 26.7 Å². The molecule has 0 aliphatic heterocycles. The highest BCUT2D eigenvalue weighted by Crippen LogP contribution is 2.10. The van der Waals surface area contributed by atoms with Gasteiger partial charge in [-0.05, 0) is 39.4 Å². The fourth-order valence-corrected chi connectivity index (χ4v) is 2.47. The van der Waals surface area contributed by atoms with Crippen molar-refractivity contribution in [3.05, 3.63) is 0 Å². The minimum absolute atomic E-state index is 0.339. The normalized spacial score (nSPS) is 11.4. The Morgan fingerprint density at radius 3 is 1.53 bits per heavy atom. The Kier molecular flexibility index (Phi) is 15.9. The van der Waals surface area contributed by atoms with Gasteiger partial charge in [-0.2, -0.15) is 0 Å². The zero-order chi connectivity index (χ0) is 14.2. The lowest BCUT2D eigenvalue weighted by atomic mass is 10.1. The van der Waals surface area contributed by atoms with E-state index in [9.17, 15) is 0 Å². The number of unbranched alkanes of at least 4 members (excludes halogenated alkanes) is 10. The molecule has 0 spiro atoms. The van der Waals surface area contributed by atoms with E-state index in [4.69, 9.17) is 5.11 Å². The largest absolute Gasteiger partial charge is 0.396 e. The van der Waals surface area contributed by atoms with Gasteiger partial charge in [0.1, 0.15) is 0 Å². The second kappa shape index (κ2) is 16.0. The van der Waals surface area contributed by atoms with Crippen molar-refractivity contribution in [2.45, 2.75) is 84.0 Å². The molecule has 1 N–H and O–H groups in total. The first-order valence-corrected chi connectivity index (χ1v) is 8.60. The van der Waals surface area contributed by atoms with E-state index in [-0.39, 0.29) is 0 Å². The van der Waals surface area contributed by atoms with Gasteiger partial charge in [0.15, 0.2) is 0 Å². The van der Waals surface area contributed by atoms with Gasteiger partial charge in [0, 0.05) is 6.61 Å². The maximum atomic E-state index is 8.73. The van der Waals surface area contributed by atoms with Crippen LogP contribution in [-0.2, 0) is 0 Å². The predicted octanol–water partition coefficient (Wildman–Crippen LogP) is 4.61. The van der Waals surface area contributed by atoms with Gasteiger partial charge >= 0.3 is 0 Å². The molecular weight excluding hydrogens is 234 g/mol. The third-order valence-electron chi connectivity index (χ3n) is 3.84. The molecule has 0 saturated heterocycles. The highest BCUT2D eigenvalue weighted by molar-refractivity contribution is 4.53. The summed E-state index contributed by atoms with van der Waals surface area (Å²) in [6, 6.07) is 0. The van der Waals surface area contributed by atoms with Crippen LogP contribution < -0.4 is 0 Å². The zero-order valence-electron chi connectivity index (χ0n) is 13.5. The number of aliphatic hydroxyl groups excluding tert-OH is 1. The van der Waals surface area contributed by atoms with Crippen molar-refractivity contribution in [2.24, 2.45) is 0 Å². The first-order valence-electron chi connectivity index (χ1n) is 8.60. The number of nitrogens with zero attached hydrogens (tertiary/aromatic N) is 1. The molecule has 0 aromatic heterocycles. The number of hydrogen-bond acceptors (Lipinski definition) is 2. The molecule has 19 heavy (non-hydrogen) atoms. The summed E-state index contributed by atoms with van der Waals surface area (Å²) < 4.78 is 0. The Hall–Kier alpha value is -0.0800. The van der Waals surface area contributed by atoms with Gasteiger partial charge in [0.05, 0.1) is 0 Å². The third kappa shape index (κ3) is 15.9. The monoisotopic (exact) mass is 271 g/mol. The van der Waals surface area contributed by atoms with Gasteiger partial charge in [0.25, 0.3) is 0 Å². The minimum atomic E-state index is 0.339. The Balaban J connectivity index is 3.05. The van der Waals surface area contributed by atoms with Crippen LogP contribution in [-0.4, -0.2) is 36.8 Å². The van der Waals surface area contributed by atoms with Crippen LogP contribution in [0.15, 0.2) is 0 Å². The van der Waals surface area contributed by atoms with Gasteiger partial charge in [0.2, 0.25) is 0 Å². The molecule has 0 fully saturated rings. The van der Waals surface area contributed by atoms with Crippen molar-refractivity contribution in [1.82, 2.24) is 4.90 Å². The summed E-state index contributed by atoms with van der Waals surface area (Å²) in [7, 11) is 2.20.